The lowest BCUT2D eigenvalue weighted by Gasteiger charge is -2.18. The molecule has 16 heavy (non-hydrogen) atoms. The van der Waals surface area contributed by atoms with Crippen LogP contribution >= 0.6 is 23.1 Å². The van der Waals surface area contributed by atoms with Crippen LogP contribution in [0.3, 0.4) is 0 Å². The predicted octanol–water partition coefficient (Wildman–Crippen LogP) is 4.24. The highest BCUT2D eigenvalue weighted by atomic mass is 32.2. The molecule has 3 heteroatoms. The van der Waals surface area contributed by atoms with E-state index in [-0.39, 0.29) is 0 Å². The zero-order valence-electron chi connectivity index (χ0n) is 11.0. The molecule has 1 N–H and O–H groups in total. The number of hydrogen-bond donors (Lipinski definition) is 1. The van der Waals surface area contributed by atoms with Gasteiger partial charge in [0.15, 0.2) is 0 Å². The molecule has 1 rings (SSSR count). The van der Waals surface area contributed by atoms with Gasteiger partial charge < -0.3 is 5.32 Å². The molecule has 92 valence electrons. The van der Waals surface area contributed by atoms with E-state index in [0.717, 1.165) is 6.54 Å². The van der Waals surface area contributed by atoms with Gasteiger partial charge in [-0.3, -0.25) is 0 Å². The summed E-state index contributed by atoms with van der Waals surface area (Å²) < 4.78 is 0.379. The molecule has 1 atom stereocenters. The van der Waals surface area contributed by atoms with Gasteiger partial charge in [0.25, 0.3) is 0 Å². The van der Waals surface area contributed by atoms with E-state index in [2.05, 4.69) is 52.1 Å². The monoisotopic (exact) mass is 257 g/mol. The number of aryl methyl sites for hydroxylation is 1. The maximum atomic E-state index is 3.57. The Morgan fingerprint density at radius 2 is 2.06 bits per heavy atom. The van der Waals surface area contributed by atoms with Gasteiger partial charge in [-0.1, -0.05) is 20.8 Å². The topological polar surface area (TPSA) is 12.0 Å². The second kappa shape index (κ2) is 6.08. The third kappa shape index (κ3) is 5.37. The molecule has 0 aliphatic rings. The van der Waals surface area contributed by atoms with Crippen LogP contribution in [-0.2, 0) is 0 Å². The number of rotatable bonds is 5. The summed E-state index contributed by atoms with van der Waals surface area (Å²) in [5, 5.41) is 3.57. The second-order valence-corrected chi connectivity index (χ2v) is 8.33. The van der Waals surface area contributed by atoms with E-state index in [9.17, 15) is 0 Å². The minimum atomic E-state index is 0.379. The minimum Gasteiger partial charge on any atom is -0.309 e. The first kappa shape index (κ1) is 14.1. The van der Waals surface area contributed by atoms with E-state index in [1.807, 2.05) is 23.1 Å². The lowest BCUT2D eigenvalue weighted by Crippen LogP contribution is -2.22. The summed E-state index contributed by atoms with van der Waals surface area (Å²) >= 11 is 3.91. The number of thiophene rings is 1. The lowest BCUT2D eigenvalue weighted by molar-refractivity contribution is 0.609. The molecule has 0 aliphatic heterocycles. The average molecular weight is 257 g/mol. The smallest absolute Gasteiger partial charge is 0.0386 e. The molecule has 1 nitrogen and oxygen atoms in total. The van der Waals surface area contributed by atoms with E-state index in [1.54, 1.807) is 0 Å². The first-order valence-electron chi connectivity index (χ1n) is 5.82. The fraction of sp³-hybridized carbons (Fsp3) is 0.692. The summed E-state index contributed by atoms with van der Waals surface area (Å²) in [4.78, 5) is 2.84. The predicted molar refractivity (Wildman–Crippen MR) is 77.7 cm³/mol. The Kier molecular flexibility index (Phi) is 5.35. The van der Waals surface area contributed by atoms with Gasteiger partial charge in [0.2, 0.25) is 0 Å². The zero-order valence-corrected chi connectivity index (χ0v) is 12.6. The molecule has 0 saturated carbocycles. The van der Waals surface area contributed by atoms with Gasteiger partial charge in [-0.25, -0.2) is 0 Å². The molecule has 1 heterocycles. The molecule has 1 aromatic heterocycles. The summed E-state index contributed by atoms with van der Waals surface area (Å²) in [5.74, 6) is 1.18. The van der Waals surface area contributed by atoms with E-state index in [4.69, 9.17) is 0 Å². The highest BCUT2D eigenvalue weighted by Gasteiger charge is 2.11. The standard InChI is InChI=1S/C13H23NS2/c1-10-6-7-12(16-10)11(2)14-8-9-15-13(3,4)5/h6-7,11,14H,8-9H2,1-5H3. The van der Waals surface area contributed by atoms with Crippen molar-refractivity contribution in [2.75, 3.05) is 12.3 Å². The third-order valence-electron chi connectivity index (χ3n) is 2.28. The van der Waals surface area contributed by atoms with Gasteiger partial charge in [0.1, 0.15) is 0 Å². The fourth-order valence-corrected chi connectivity index (χ4v) is 3.16. The second-order valence-electron chi connectivity index (χ2n) is 5.09. The first-order valence-corrected chi connectivity index (χ1v) is 7.62. The summed E-state index contributed by atoms with van der Waals surface area (Å²) in [7, 11) is 0. The van der Waals surface area contributed by atoms with Crippen LogP contribution < -0.4 is 5.32 Å². The van der Waals surface area contributed by atoms with Crippen molar-refractivity contribution in [3.05, 3.63) is 21.9 Å². The van der Waals surface area contributed by atoms with Gasteiger partial charge in [0.05, 0.1) is 0 Å². The number of hydrogen-bond acceptors (Lipinski definition) is 3. The van der Waals surface area contributed by atoms with Crippen molar-refractivity contribution >= 4 is 23.1 Å². The normalized spacial score (nSPS) is 14.1. The van der Waals surface area contributed by atoms with Crippen molar-refractivity contribution in [3.63, 3.8) is 0 Å². The average Bonchev–Trinajstić information content (AvgIpc) is 2.57. The summed E-state index contributed by atoms with van der Waals surface area (Å²) in [6.07, 6.45) is 0. The van der Waals surface area contributed by atoms with Gasteiger partial charge in [0, 0.05) is 32.8 Å². The Labute approximate surface area is 108 Å². The van der Waals surface area contributed by atoms with Crippen LogP contribution in [0.15, 0.2) is 12.1 Å². The Morgan fingerprint density at radius 1 is 1.38 bits per heavy atom. The summed E-state index contributed by atoms with van der Waals surface area (Å²) in [6.45, 7) is 12.3. The van der Waals surface area contributed by atoms with E-state index < -0.39 is 0 Å². The summed E-state index contributed by atoms with van der Waals surface area (Å²) in [6, 6.07) is 4.91. The van der Waals surface area contributed by atoms with Crippen LogP contribution in [-0.4, -0.2) is 17.0 Å². The molecular formula is C13H23NS2. The van der Waals surface area contributed by atoms with Gasteiger partial charge in [-0.05, 0) is 26.0 Å². The molecule has 0 spiro atoms. The molecule has 0 saturated heterocycles. The van der Waals surface area contributed by atoms with Crippen LogP contribution in [0.5, 0.6) is 0 Å². The fourth-order valence-electron chi connectivity index (χ4n) is 1.42. The Morgan fingerprint density at radius 3 is 2.56 bits per heavy atom. The largest absolute Gasteiger partial charge is 0.309 e. The van der Waals surface area contributed by atoms with Crippen LogP contribution in [0.1, 0.15) is 43.5 Å². The van der Waals surface area contributed by atoms with E-state index in [1.165, 1.54) is 15.5 Å². The number of nitrogens with one attached hydrogen (secondary N) is 1. The Bertz CT molecular complexity index is 312. The maximum Gasteiger partial charge on any atom is 0.0386 e. The van der Waals surface area contributed by atoms with Gasteiger partial charge >= 0.3 is 0 Å². The zero-order chi connectivity index (χ0) is 12.2. The Balaban J connectivity index is 2.23. The van der Waals surface area contributed by atoms with Crippen molar-refractivity contribution in [1.29, 1.82) is 0 Å². The molecule has 0 bridgehead atoms. The number of thioether (sulfide) groups is 1. The Hall–Kier alpha value is 0.01000. The molecule has 0 aliphatic carbocycles. The van der Waals surface area contributed by atoms with E-state index in [0.29, 0.717) is 10.8 Å². The minimum absolute atomic E-state index is 0.379. The van der Waals surface area contributed by atoms with Crippen molar-refractivity contribution in [2.24, 2.45) is 0 Å². The van der Waals surface area contributed by atoms with Crippen LogP contribution in [0, 0.1) is 6.92 Å². The molecule has 0 fully saturated rings. The maximum absolute atomic E-state index is 3.57. The van der Waals surface area contributed by atoms with E-state index >= 15 is 0 Å². The van der Waals surface area contributed by atoms with Crippen molar-refractivity contribution < 1.29 is 0 Å². The van der Waals surface area contributed by atoms with Gasteiger partial charge in [-0.15, -0.1) is 11.3 Å². The summed E-state index contributed by atoms with van der Waals surface area (Å²) in [5.41, 5.74) is 0. The van der Waals surface area contributed by atoms with Gasteiger partial charge in [-0.2, -0.15) is 11.8 Å². The quantitative estimate of drug-likeness (QED) is 0.792. The van der Waals surface area contributed by atoms with Crippen LogP contribution in [0.25, 0.3) is 0 Å². The van der Waals surface area contributed by atoms with Crippen molar-refractivity contribution in [1.82, 2.24) is 5.32 Å². The molecule has 0 aromatic carbocycles. The molecule has 0 amide bonds. The molecular weight excluding hydrogens is 234 g/mol. The first-order chi connectivity index (χ1) is 7.38. The van der Waals surface area contributed by atoms with Crippen LogP contribution in [0.4, 0.5) is 0 Å². The third-order valence-corrected chi connectivity index (χ3v) is 4.73. The highest BCUT2D eigenvalue weighted by Crippen LogP contribution is 2.24. The molecule has 1 unspecified atom stereocenters. The highest BCUT2D eigenvalue weighted by molar-refractivity contribution is 8.00. The van der Waals surface area contributed by atoms with Crippen molar-refractivity contribution in [2.45, 2.75) is 45.4 Å². The van der Waals surface area contributed by atoms with Crippen LogP contribution in [0.2, 0.25) is 0 Å². The lowest BCUT2D eigenvalue weighted by atomic mass is 10.3. The molecule has 0 radical (unpaired) electrons. The SMILES string of the molecule is Cc1ccc(C(C)NCCSC(C)(C)C)s1. The molecule has 1 aromatic rings. The van der Waals surface area contributed by atoms with Crippen molar-refractivity contribution in [3.8, 4) is 0 Å².